The molecule has 0 atom stereocenters. The molecule has 108 valence electrons. The SMILES string of the molecule is OCC#Cc1ccc(OCC(F)(F)c2ccccc2)cc1. The number of aliphatic hydroxyl groups excluding tert-OH is 1. The summed E-state index contributed by atoms with van der Waals surface area (Å²) in [6.07, 6.45) is 0. The van der Waals surface area contributed by atoms with E-state index in [9.17, 15) is 8.78 Å². The van der Waals surface area contributed by atoms with E-state index < -0.39 is 12.5 Å². The molecule has 1 N–H and O–H groups in total. The number of aliphatic hydroxyl groups is 1. The van der Waals surface area contributed by atoms with Gasteiger partial charge >= 0.3 is 5.92 Å². The molecule has 0 unspecified atom stereocenters. The molecule has 4 heteroatoms. The van der Waals surface area contributed by atoms with Gasteiger partial charge in [-0.05, 0) is 24.3 Å². The Labute approximate surface area is 122 Å². The lowest BCUT2D eigenvalue weighted by molar-refractivity contribution is -0.0467. The summed E-state index contributed by atoms with van der Waals surface area (Å²) in [7, 11) is 0. The second-order valence-corrected chi connectivity index (χ2v) is 4.34. The lowest BCUT2D eigenvalue weighted by Crippen LogP contribution is -2.23. The first-order chi connectivity index (χ1) is 10.1. The molecule has 0 bridgehead atoms. The van der Waals surface area contributed by atoms with Crippen LogP contribution in [-0.2, 0) is 5.92 Å². The summed E-state index contributed by atoms with van der Waals surface area (Å²) in [6, 6.07) is 14.0. The highest BCUT2D eigenvalue weighted by Crippen LogP contribution is 2.28. The fourth-order valence-electron chi connectivity index (χ4n) is 1.72. The van der Waals surface area contributed by atoms with Crippen molar-refractivity contribution in [2.75, 3.05) is 13.2 Å². The monoisotopic (exact) mass is 288 g/mol. The number of benzene rings is 2. The van der Waals surface area contributed by atoms with Crippen LogP contribution in [0.2, 0.25) is 0 Å². The van der Waals surface area contributed by atoms with Crippen LogP contribution in [0.4, 0.5) is 8.78 Å². The molecule has 0 fully saturated rings. The Balaban J connectivity index is 1.99. The minimum absolute atomic E-state index is 0.0737. The maximum Gasteiger partial charge on any atom is 0.306 e. The van der Waals surface area contributed by atoms with E-state index in [0.29, 0.717) is 11.3 Å². The van der Waals surface area contributed by atoms with Crippen LogP contribution in [0.5, 0.6) is 5.75 Å². The maximum absolute atomic E-state index is 13.9. The Hall–Kier alpha value is -2.38. The number of ether oxygens (including phenoxy) is 1. The Kier molecular flexibility index (Phi) is 4.91. The fraction of sp³-hybridized carbons (Fsp3) is 0.176. The van der Waals surface area contributed by atoms with Crippen molar-refractivity contribution in [2.45, 2.75) is 5.92 Å². The number of rotatable bonds is 4. The predicted molar refractivity (Wildman–Crippen MR) is 76.2 cm³/mol. The van der Waals surface area contributed by atoms with E-state index in [0.717, 1.165) is 0 Å². The molecular weight excluding hydrogens is 274 g/mol. The van der Waals surface area contributed by atoms with Crippen LogP contribution in [0.1, 0.15) is 11.1 Å². The van der Waals surface area contributed by atoms with E-state index in [4.69, 9.17) is 9.84 Å². The molecule has 0 aliphatic carbocycles. The molecule has 0 aromatic heterocycles. The van der Waals surface area contributed by atoms with Gasteiger partial charge in [-0.15, -0.1) is 0 Å². The zero-order valence-electron chi connectivity index (χ0n) is 11.2. The third-order valence-corrected chi connectivity index (χ3v) is 2.78. The summed E-state index contributed by atoms with van der Waals surface area (Å²) < 4.78 is 33.0. The van der Waals surface area contributed by atoms with Gasteiger partial charge in [0.25, 0.3) is 0 Å². The van der Waals surface area contributed by atoms with Crippen molar-refractivity contribution in [2.24, 2.45) is 0 Å². The van der Waals surface area contributed by atoms with E-state index in [2.05, 4.69) is 11.8 Å². The van der Waals surface area contributed by atoms with E-state index in [-0.39, 0.29) is 12.2 Å². The van der Waals surface area contributed by atoms with Crippen molar-refractivity contribution in [3.05, 3.63) is 65.7 Å². The number of hydrogen-bond donors (Lipinski definition) is 1. The third kappa shape index (κ3) is 4.30. The molecule has 0 saturated carbocycles. The predicted octanol–water partition coefficient (Wildman–Crippen LogP) is 3.20. The molecule has 2 aromatic rings. The highest BCUT2D eigenvalue weighted by Gasteiger charge is 2.32. The summed E-state index contributed by atoms with van der Waals surface area (Å²) in [5, 5.41) is 8.58. The average Bonchev–Trinajstić information content (AvgIpc) is 2.53. The van der Waals surface area contributed by atoms with Gasteiger partial charge in [0.15, 0.2) is 6.61 Å². The average molecular weight is 288 g/mol. The highest BCUT2D eigenvalue weighted by molar-refractivity contribution is 5.38. The second-order valence-electron chi connectivity index (χ2n) is 4.34. The van der Waals surface area contributed by atoms with Crippen molar-refractivity contribution in [1.29, 1.82) is 0 Å². The molecule has 0 spiro atoms. The van der Waals surface area contributed by atoms with Crippen molar-refractivity contribution < 1.29 is 18.6 Å². The Morgan fingerprint density at radius 1 is 1.00 bits per heavy atom. The van der Waals surface area contributed by atoms with Crippen molar-refractivity contribution in [3.8, 4) is 17.6 Å². The molecule has 0 saturated heterocycles. The lowest BCUT2D eigenvalue weighted by atomic mass is 10.1. The first-order valence-corrected chi connectivity index (χ1v) is 6.38. The molecule has 2 rings (SSSR count). The number of hydrogen-bond acceptors (Lipinski definition) is 2. The summed E-state index contributed by atoms with van der Waals surface area (Å²) in [4.78, 5) is 0. The van der Waals surface area contributed by atoms with Gasteiger partial charge in [0.2, 0.25) is 0 Å². The molecule has 2 nitrogen and oxygen atoms in total. The quantitative estimate of drug-likeness (QED) is 0.875. The first-order valence-electron chi connectivity index (χ1n) is 6.38. The summed E-state index contributed by atoms with van der Waals surface area (Å²) in [5.41, 5.74) is 0.613. The van der Waals surface area contributed by atoms with Gasteiger partial charge in [-0.1, -0.05) is 42.2 Å². The first kappa shape index (κ1) is 15.0. The van der Waals surface area contributed by atoms with Crippen LogP contribution in [0.15, 0.2) is 54.6 Å². The van der Waals surface area contributed by atoms with Crippen LogP contribution >= 0.6 is 0 Å². The number of halogens is 2. The standard InChI is InChI=1S/C17H14F2O2/c18-17(19,15-6-2-1-3-7-15)13-21-16-10-8-14(9-11-16)5-4-12-20/h1-3,6-11,20H,12-13H2. The lowest BCUT2D eigenvalue weighted by Gasteiger charge is -2.17. The molecule has 21 heavy (non-hydrogen) atoms. The Morgan fingerprint density at radius 3 is 2.29 bits per heavy atom. The molecular formula is C17H14F2O2. The normalized spacial score (nSPS) is 10.6. The summed E-state index contributed by atoms with van der Waals surface area (Å²) in [6.45, 7) is -0.944. The third-order valence-electron chi connectivity index (χ3n) is 2.78. The van der Waals surface area contributed by atoms with Crippen LogP contribution in [-0.4, -0.2) is 18.3 Å². The molecule has 0 heterocycles. The van der Waals surface area contributed by atoms with Gasteiger partial charge in [-0.3, -0.25) is 0 Å². The van der Waals surface area contributed by atoms with Gasteiger partial charge in [0, 0.05) is 11.1 Å². The topological polar surface area (TPSA) is 29.5 Å². The van der Waals surface area contributed by atoms with Crippen molar-refractivity contribution >= 4 is 0 Å². The van der Waals surface area contributed by atoms with Crippen LogP contribution in [0, 0.1) is 11.8 Å². The Bertz CT molecular complexity index is 625. The van der Waals surface area contributed by atoms with Crippen molar-refractivity contribution in [3.63, 3.8) is 0 Å². The van der Waals surface area contributed by atoms with E-state index >= 15 is 0 Å². The largest absolute Gasteiger partial charge is 0.487 e. The zero-order valence-corrected chi connectivity index (χ0v) is 11.2. The molecule has 2 aromatic carbocycles. The van der Waals surface area contributed by atoms with Gasteiger partial charge in [-0.2, -0.15) is 8.78 Å². The van der Waals surface area contributed by atoms with Crippen LogP contribution < -0.4 is 4.74 Å². The molecule has 0 radical (unpaired) electrons. The maximum atomic E-state index is 13.9. The van der Waals surface area contributed by atoms with Gasteiger partial charge in [-0.25, -0.2) is 0 Å². The number of alkyl halides is 2. The molecule has 0 amide bonds. The second kappa shape index (κ2) is 6.87. The summed E-state index contributed by atoms with van der Waals surface area (Å²) >= 11 is 0. The minimum Gasteiger partial charge on any atom is -0.487 e. The minimum atomic E-state index is -3.05. The van der Waals surface area contributed by atoms with Crippen molar-refractivity contribution in [1.82, 2.24) is 0 Å². The highest BCUT2D eigenvalue weighted by atomic mass is 19.3. The molecule has 0 aliphatic rings. The zero-order chi connectivity index (χ0) is 15.1. The van der Waals surface area contributed by atoms with Gasteiger partial charge in [0.05, 0.1) is 0 Å². The van der Waals surface area contributed by atoms with Gasteiger partial charge < -0.3 is 9.84 Å². The van der Waals surface area contributed by atoms with Gasteiger partial charge in [0.1, 0.15) is 12.4 Å². The fourth-order valence-corrected chi connectivity index (χ4v) is 1.72. The smallest absolute Gasteiger partial charge is 0.306 e. The van der Waals surface area contributed by atoms with Crippen LogP contribution in [0.3, 0.4) is 0 Å². The summed E-state index contributed by atoms with van der Waals surface area (Å²) in [5.74, 6) is 2.52. The van der Waals surface area contributed by atoms with E-state index in [1.807, 2.05) is 0 Å². The Morgan fingerprint density at radius 2 is 1.67 bits per heavy atom. The van der Waals surface area contributed by atoms with Crippen LogP contribution in [0.25, 0.3) is 0 Å². The van der Waals surface area contributed by atoms with E-state index in [1.165, 1.54) is 12.1 Å². The van der Waals surface area contributed by atoms with E-state index in [1.54, 1.807) is 42.5 Å². The molecule has 0 aliphatic heterocycles.